The Kier molecular flexibility index (Phi) is 7.39. The van der Waals surface area contributed by atoms with Crippen LogP contribution in [0.4, 0.5) is 0 Å². The second kappa shape index (κ2) is 8.87. The van der Waals surface area contributed by atoms with E-state index in [0.717, 1.165) is 60.2 Å². The monoisotopic (exact) mass is 686 g/mol. The predicted molar refractivity (Wildman–Crippen MR) is 150 cm³/mol. The van der Waals surface area contributed by atoms with Crippen LogP contribution in [0.25, 0.3) is 0 Å². The normalized spacial score (nSPS) is 52.1. The minimum absolute atomic E-state index is 0.00884. The Morgan fingerprint density at radius 1 is 1.09 bits per heavy atom. The lowest BCUT2D eigenvalue weighted by atomic mass is 9.43. The van der Waals surface area contributed by atoms with Gasteiger partial charge in [0.05, 0.1) is 11.2 Å². The lowest BCUT2D eigenvalue weighted by Gasteiger charge is -2.67. The SMILES string of the molecule is CC(CCC(C)(C)O)[C@H]1CCC2C3CC(Br)C4(Br)C[C@](O)(CI)CC[C@]4(C)C3CC[C@@]21C. The largest absolute Gasteiger partial charge is 0.390 e. The van der Waals surface area contributed by atoms with E-state index in [1.165, 1.54) is 32.1 Å². The van der Waals surface area contributed by atoms with Gasteiger partial charge in [0.15, 0.2) is 0 Å². The van der Waals surface area contributed by atoms with Crippen LogP contribution in [-0.2, 0) is 0 Å². The molecule has 0 spiro atoms. The number of alkyl halides is 3. The number of rotatable bonds is 5. The molecule has 4 aliphatic rings. The standard InChI is InChI=1S/C27H45Br2IO2/c1-17(8-10-23(2,3)31)19-6-7-20-18-14-22(28)27(29)15-26(32,16-30)13-12-25(27,5)21(18)9-11-24(19,20)4/h17-22,31-32H,6-16H2,1-5H3/t17?,18?,19-,20?,21?,22?,24-,25-,26+,27?/m1/s1. The van der Waals surface area contributed by atoms with Gasteiger partial charge in [0.2, 0.25) is 0 Å². The van der Waals surface area contributed by atoms with Crippen LogP contribution in [0.2, 0.25) is 0 Å². The number of hydrogen-bond acceptors (Lipinski definition) is 2. The van der Waals surface area contributed by atoms with Crippen molar-refractivity contribution in [2.75, 3.05) is 4.43 Å². The Labute approximate surface area is 227 Å². The fourth-order valence-corrected chi connectivity index (χ4v) is 12.1. The summed E-state index contributed by atoms with van der Waals surface area (Å²) in [6, 6.07) is 0. The van der Waals surface area contributed by atoms with Crippen LogP contribution in [0.1, 0.15) is 98.8 Å². The molecule has 0 amide bonds. The quantitative estimate of drug-likeness (QED) is 0.228. The van der Waals surface area contributed by atoms with Gasteiger partial charge >= 0.3 is 0 Å². The molecule has 186 valence electrons. The number of halogens is 3. The third-order valence-corrected chi connectivity index (χ3v) is 16.0. The molecule has 6 unspecified atom stereocenters. The van der Waals surface area contributed by atoms with Crippen molar-refractivity contribution in [2.24, 2.45) is 40.4 Å². The minimum Gasteiger partial charge on any atom is -0.390 e. The van der Waals surface area contributed by atoms with Crippen molar-refractivity contribution >= 4 is 54.5 Å². The molecule has 0 saturated heterocycles. The summed E-state index contributed by atoms with van der Waals surface area (Å²) in [6.45, 7) is 11.6. The van der Waals surface area contributed by atoms with Gasteiger partial charge in [-0.25, -0.2) is 0 Å². The molecular weight excluding hydrogens is 643 g/mol. The highest BCUT2D eigenvalue weighted by molar-refractivity contribution is 14.1. The lowest BCUT2D eigenvalue weighted by molar-refractivity contribution is -0.127. The molecule has 4 fully saturated rings. The molecule has 4 aliphatic carbocycles. The van der Waals surface area contributed by atoms with Crippen molar-refractivity contribution in [2.45, 2.75) is 119 Å². The van der Waals surface area contributed by atoms with Crippen LogP contribution in [0.5, 0.6) is 0 Å². The first-order valence-electron chi connectivity index (χ1n) is 13.0. The smallest absolute Gasteiger partial charge is 0.0751 e. The molecule has 0 aromatic carbocycles. The second-order valence-corrected chi connectivity index (χ2v) is 16.7. The zero-order valence-electron chi connectivity index (χ0n) is 20.8. The van der Waals surface area contributed by atoms with Gasteiger partial charge in [0, 0.05) is 13.6 Å². The zero-order chi connectivity index (χ0) is 23.7. The third-order valence-electron chi connectivity index (χ3n) is 11.1. The van der Waals surface area contributed by atoms with Crippen LogP contribution in [-0.4, -0.2) is 35.0 Å². The van der Waals surface area contributed by atoms with Crippen LogP contribution in [0.3, 0.4) is 0 Å². The Balaban J connectivity index is 1.57. The molecule has 0 aromatic heterocycles. The van der Waals surface area contributed by atoms with Crippen LogP contribution < -0.4 is 0 Å². The van der Waals surface area contributed by atoms with E-state index in [-0.39, 0.29) is 9.74 Å². The summed E-state index contributed by atoms with van der Waals surface area (Å²) >= 11 is 10.9. The predicted octanol–water partition coefficient (Wildman–Crippen LogP) is 7.89. The first-order valence-corrected chi connectivity index (χ1v) is 16.3. The van der Waals surface area contributed by atoms with Crippen LogP contribution in [0, 0.1) is 40.4 Å². The Hall–Kier alpha value is 1.61. The highest BCUT2D eigenvalue weighted by atomic mass is 127. The van der Waals surface area contributed by atoms with Crippen molar-refractivity contribution in [3.05, 3.63) is 0 Å². The summed E-state index contributed by atoms with van der Waals surface area (Å²) in [6.07, 6.45) is 11.7. The first-order chi connectivity index (χ1) is 14.7. The van der Waals surface area contributed by atoms with Gasteiger partial charge < -0.3 is 10.2 Å². The molecule has 2 nitrogen and oxygen atoms in total. The summed E-state index contributed by atoms with van der Waals surface area (Å²) in [4.78, 5) is 0.421. The Morgan fingerprint density at radius 3 is 2.41 bits per heavy atom. The van der Waals surface area contributed by atoms with E-state index in [4.69, 9.17) is 0 Å². The Morgan fingerprint density at radius 2 is 1.78 bits per heavy atom. The van der Waals surface area contributed by atoms with Gasteiger partial charge in [0.25, 0.3) is 0 Å². The minimum atomic E-state index is -0.550. The molecule has 0 aliphatic heterocycles. The number of fused-ring (bicyclic) bond motifs is 5. The van der Waals surface area contributed by atoms with E-state index >= 15 is 0 Å². The van der Waals surface area contributed by atoms with Gasteiger partial charge in [0.1, 0.15) is 0 Å². The maximum Gasteiger partial charge on any atom is 0.0751 e. The summed E-state index contributed by atoms with van der Waals surface area (Å²) < 4.78 is 0.817. The van der Waals surface area contributed by atoms with Gasteiger partial charge in [-0.05, 0) is 118 Å². The van der Waals surface area contributed by atoms with E-state index in [0.29, 0.717) is 16.2 Å². The fourth-order valence-electron chi connectivity index (χ4n) is 9.14. The van der Waals surface area contributed by atoms with Gasteiger partial charge in [-0.1, -0.05) is 75.2 Å². The van der Waals surface area contributed by atoms with E-state index in [2.05, 4.69) is 75.2 Å². The molecule has 0 radical (unpaired) electrons. The first kappa shape index (κ1) is 26.7. The van der Waals surface area contributed by atoms with Crippen molar-refractivity contribution in [1.82, 2.24) is 0 Å². The highest BCUT2D eigenvalue weighted by Crippen LogP contribution is 2.72. The van der Waals surface area contributed by atoms with E-state index in [1.807, 2.05) is 13.8 Å². The van der Waals surface area contributed by atoms with E-state index in [1.54, 1.807) is 0 Å². The molecular formula is C27H45Br2IO2. The molecule has 10 atom stereocenters. The third kappa shape index (κ3) is 4.24. The van der Waals surface area contributed by atoms with Crippen molar-refractivity contribution in [1.29, 1.82) is 0 Å². The van der Waals surface area contributed by atoms with Crippen molar-refractivity contribution < 1.29 is 10.2 Å². The molecule has 5 heteroatoms. The number of aliphatic hydroxyl groups is 2. The summed E-state index contributed by atoms with van der Waals surface area (Å²) in [5, 5.41) is 21.5. The fraction of sp³-hybridized carbons (Fsp3) is 1.00. The molecule has 0 heterocycles. The molecule has 4 rings (SSSR count). The molecule has 4 saturated carbocycles. The van der Waals surface area contributed by atoms with Gasteiger partial charge in [-0.3, -0.25) is 0 Å². The van der Waals surface area contributed by atoms with E-state index < -0.39 is 11.2 Å². The maximum absolute atomic E-state index is 11.2. The van der Waals surface area contributed by atoms with Gasteiger partial charge in [-0.2, -0.15) is 0 Å². The average Bonchev–Trinajstić information content (AvgIpc) is 3.06. The van der Waals surface area contributed by atoms with Crippen LogP contribution >= 0.6 is 54.5 Å². The summed E-state index contributed by atoms with van der Waals surface area (Å²) in [5.41, 5.74) is -0.382. The number of hydrogen-bond donors (Lipinski definition) is 2. The topological polar surface area (TPSA) is 40.5 Å². The zero-order valence-corrected chi connectivity index (χ0v) is 26.1. The molecule has 0 bridgehead atoms. The maximum atomic E-state index is 11.2. The summed E-state index contributed by atoms with van der Waals surface area (Å²) in [5.74, 6) is 3.87. The average molecular weight is 688 g/mol. The highest BCUT2D eigenvalue weighted by Gasteiger charge is 2.68. The van der Waals surface area contributed by atoms with Crippen LogP contribution in [0.15, 0.2) is 0 Å². The van der Waals surface area contributed by atoms with Gasteiger partial charge in [-0.15, -0.1) is 0 Å². The second-order valence-electron chi connectivity index (χ2n) is 13.5. The van der Waals surface area contributed by atoms with Crippen molar-refractivity contribution in [3.8, 4) is 0 Å². The van der Waals surface area contributed by atoms with Crippen molar-refractivity contribution in [3.63, 3.8) is 0 Å². The molecule has 0 aromatic rings. The van der Waals surface area contributed by atoms with E-state index in [9.17, 15) is 10.2 Å². The Bertz CT molecular complexity index is 712. The molecule has 32 heavy (non-hydrogen) atoms. The molecule has 2 N–H and O–H groups in total. The summed E-state index contributed by atoms with van der Waals surface area (Å²) in [7, 11) is 0. The lowest BCUT2D eigenvalue weighted by Crippen LogP contribution is -2.66.